The number of rotatable bonds is 3. The third-order valence-electron chi connectivity index (χ3n) is 2.66. The van der Waals surface area contributed by atoms with Crippen LogP contribution in [-0.4, -0.2) is 16.2 Å². The van der Waals surface area contributed by atoms with Crippen molar-refractivity contribution in [1.82, 2.24) is 0 Å². The number of phenolic OH excluding ortho intramolecular Hbond substituents is 1. The van der Waals surface area contributed by atoms with Crippen LogP contribution >= 0.6 is 0 Å². The zero-order chi connectivity index (χ0) is 13.2. The minimum atomic E-state index is -0.923. The summed E-state index contributed by atoms with van der Waals surface area (Å²) in [5.74, 6) is -1.55. The van der Waals surface area contributed by atoms with E-state index in [1.807, 2.05) is 6.07 Å². The lowest BCUT2D eigenvalue weighted by atomic mass is 9.86. The lowest BCUT2D eigenvalue weighted by Crippen LogP contribution is -2.11. The molecule has 2 N–H and O–H groups in total. The summed E-state index contributed by atoms with van der Waals surface area (Å²) >= 11 is 0. The molecule has 0 aliphatic carbocycles. The Morgan fingerprint density at radius 3 is 2.41 bits per heavy atom. The first-order valence-electron chi connectivity index (χ1n) is 5.75. The molecule has 1 atom stereocenters. The number of hydrogen-bond acceptors (Lipinski definition) is 2. The van der Waals surface area contributed by atoms with Crippen LogP contribution in [0.3, 0.4) is 0 Å². The van der Waals surface area contributed by atoms with E-state index in [1.54, 1.807) is 19.1 Å². The monoisotopic (exact) mass is 236 g/mol. The maximum atomic E-state index is 10.9. The zero-order valence-electron chi connectivity index (χ0n) is 10.8. The third kappa shape index (κ3) is 3.77. The second-order valence-electron chi connectivity index (χ2n) is 5.69. The highest BCUT2D eigenvalue weighted by Crippen LogP contribution is 2.29. The van der Waals surface area contributed by atoms with Crippen LogP contribution < -0.4 is 0 Å². The lowest BCUT2D eigenvalue weighted by Gasteiger charge is -2.19. The van der Waals surface area contributed by atoms with Crippen molar-refractivity contribution in [3.8, 4) is 5.75 Å². The van der Waals surface area contributed by atoms with Crippen molar-refractivity contribution in [3.63, 3.8) is 0 Å². The normalized spacial score (nSPS) is 13.4. The number of carbonyl (C=O) groups is 1. The predicted molar refractivity (Wildman–Crippen MR) is 67.3 cm³/mol. The SMILES string of the molecule is CC(C(=O)O)c1cc(CC(C)(C)C)ccc1O. The fraction of sp³-hybridized carbons (Fsp3) is 0.500. The zero-order valence-corrected chi connectivity index (χ0v) is 10.8. The van der Waals surface area contributed by atoms with E-state index in [2.05, 4.69) is 20.8 Å². The van der Waals surface area contributed by atoms with Gasteiger partial charge in [-0.2, -0.15) is 0 Å². The number of carboxylic acid groups (broad SMARTS) is 1. The van der Waals surface area contributed by atoms with Gasteiger partial charge in [0.05, 0.1) is 5.92 Å². The summed E-state index contributed by atoms with van der Waals surface area (Å²) in [5.41, 5.74) is 1.68. The molecule has 0 aliphatic heterocycles. The number of phenols is 1. The molecule has 0 radical (unpaired) electrons. The average molecular weight is 236 g/mol. The molecule has 0 saturated heterocycles. The molecule has 0 heterocycles. The Kier molecular flexibility index (Phi) is 3.81. The van der Waals surface area contributed by atoms with Gasteiger partial charge < -0.3 is 10.2 Å². The van der Waals surface area contributed by atoms with Crippen LogP contribution in [0.1, 0.15) is 44.7 Å². The number of hydrogen-bond donors (Lipinski definition) is 2. The first-order valence-corrected chi connectivity index (χ1v) is 5.75. The molecule has 1 aromatic rings. The molecular formula is C14H20O3. The van der Waals surface area contributed by atoms with Gasteiger partial charge in [-0.1, -0.05) is 32.9 Å². The first-order chi connectivity index (χ1) is 7.70. The minimum Gasteiger partial charge on any atom is -0.508 e. The van der Waals surface area contributed by atoms with Crippen molar-refractivity contribution in [2.24, 2.45) is 5.41 Å². The molecule has 1 rings (SSSR count). The molecule has 0 fully saturated rings. The van der Waals surface area contributed by atoms with Gasteiger partial charge >= 0.3 is 5.97 Å². The van der Waals surface area contributed by atoms with Gasteiger partial charge in [-0.05, 0) is 30.4 Å². The van der Waals surface area contributed by atoms with E-state index in [0.717, 1.165) is 12.0 Å². The summed E-state index contributed by atoms with van der Waals surface area (Å²) in [6, 6.07) is 5.22. The van der Waals surface area contributed by atoms with E-state index in [0.29, 0.717) is 5.56 Å². The van der Waals surface area contributed by atoms with Crippen LogP contribution in [0.2, 0.25) is 0 Å². The van der Waals surface area contributed by atoms with Crippen LogP contribution in [0, 0.1) is 5.41 Å². The molecule has 1 unspecified atom stereocenters. The van der Waals surface area contributed by atoms with Crippen LogP contribution in [0.5, 0.6) is 5.75 Å². The smallest absolute Gasteiger partial charge is 0.310 e. The van der Waals surface area contributed by atoms with Crippen molar-refractivity contribution in [2.75, 3.05) is 0 Å². The molecule has 17 heavy (non-hydrogen) atoms. The molecule has 3 nitrogen and oxygen atoms in total. The van der Waals surface area contributed by atoms with E-state index >= 15 is 0 Å². The van der Waals surface area contributed by atoms with Crippen molar-refractivity contribution in [3.05, 3.63) is 29.3 Å². The van der Waals surface area contributed by atoms with Gasteiger partial charge in [0.25, 0.3) is 0 Å². The van der Waals surface area contributed by atoms with E-state index in [9.17, 15) is 9.90 Å². The Labute approximate surface area is 102 Å². The maximum Gasteiger partial charge on any atom is 0.310 e. The highest BCUT2D eigenvalue weighted by molar-refractivity contribution is 5.76. The van der Waals surface area contributed by atoms with E-state index in [1.165, 1.54) is 0 Å². The first kappa shape index (κ1) is 13.6. The lowest BCUT2D eigenvalue weighted by molar-refractivity contribution is -0.138. The van der Waals surface area contributed by atoms with Crippen molar-refractivity contribution in [2.45, 2.75) is 40.0 Å². The number of aliphatic carboxylic acids is 1. The van der Waals surface area contributed by atoms with Gasteiger partial charge in [-0.15, -0.1) is 0 Å². The van der Waals surface area contributed by atoms with Crippen LogP contribution in [0.25, 0.3) is 0 Å². The second kappa shape index (κ2) is 4.78. The minimum absolute atomic E-state index is 0.0533. The second-order valence-corrected chi connectivity index (χ2v) is 5.69. The summed E-state index contributed by atoms with van der Waals surface area (Å²) in [6.45, 7) is 7.96. The molecule has 0 spiro atoms. The topological polar surface area (TPSA) is 57.5 Å². The average Bonchev–Trinajstić information content (AvgIpc) is 2.17. The van der Waals surface area contributed by atoms with Crippen LogP contribution in [0.15, 0.2) is 18.2 Å². The van der Waals surface area contributed by atoms with Crippen LogP contribution in [-0.2, 0) is 11.2 Å². The third-order valence-corrected chi connectivity index (χ3v) is 2.66. The molecule has 0 amide bonds. The molecular weight excluding hydrogens is 216 g/mol. The Hall–Kier alpha value is -1.51. The molecule has 3 heteroatoms. The predicted octanol–water partition coefficient (Wildman–Crippen LogP) is 3.17. The van der Waals surface area contributed by atoms with Gasteiger partial charge in [0, 0.05) is 5.56 Å². The molecule has 0 aliphatic rings. The maximum absolute atomic E-state index is 10.9. The van der Waals surface area contributed by atoms with Crippen molar-refractivity contribution in [1.29, 1.82) is 0 Å². The Morgan fingerprint density at radius 2 is 1.94 bits per heavy atom. The highest BCUT2D eigenvalue weighted by atomic mass is 16.4. The summed E-state index contributed by atoms with van der Waals surface area (Å²) in [7, 11) is 0. The summed E-state index contributed by atoms with van der Waals surface area (Å²) in [4.78, 5) is 10.9. The van der Waals surface area contributed by atoms with Crippen LogP contribution in [0.4, 0.5) is 0 Å². The molecule has 94 valence electrons. The van der Waals surface area contributed by atoms with E-state index in [-0.39, 0.29) is 11.2 Å². The van der Waals surface area contributed by atoms with E-state index < -0.39 is 11.9 Å². The molecule has 0 saturated carbocycles. The van der Waals surface area contributed by atoms with Gasteiger partial charge in [0.2, 0.25) is 0 Å². The van der Waals surface area contributed by atoms with Gasteiger partial charge in [0.15, 0.2) is 0 Å². The quantitative estimate of drug-likeness (QED) is 0.847. The Balaban J connectivity index is 3.06. The van der Waals surface area contributed by atoms with Gasteiger partial charge in [0.1, 0.15) is 5.75 Å². The molecule has 1 aromatic carbocycles. The molecule has 0 aromatic heterocycles. The summed E-state index contributed by atoms with van der Waals surface area (Å²) < 4.78 is 0. The van der Waals surface area contributed by atoms with E-state index in [4.69, 9.17) is 5.11 Å². The Morgan fingerprint density at radius 1 is 1.35 bits per heavy atom. The van der Waals surface area contributed by atoms with Gasteiger partial charge in [-0.3, -0.25) is 4.79 Å². The Bertz CT molecular complexity index is 416. The summed E-state index contributed by atoms with van der Waals surface area (Å²) in [5, 5.41) is 18.7. The van der Waals surface area contributed by atoms with Crippen molar-refractivity contribution >= 4 is 5.97 Å². The molecule has 0 bridgehead atoms. The summed E-state index contributed by atoms with van der Waals surface area (Å²) in [6.07, 6.45) is 0.854. The largest absolute Gasteiger partial charge is 0.508 e. The number of benzene rings is 1. The highest BCUT2D eigenvalue weighted by Gasteiger charge is 2.19. The fourth-order valence-electron chi connectivity index (χ4n) is 1.81. The number of carboxylic acids is 1. The standard InChI is InChI=1S/C14H20O3/c1-9(13(16)17)11-7-10(5-6-12(11)15)8-14(2,3)4/h5-7,9,15H,8H2,1-4H3,(H,16,17). The fourth-order valence-corrected chi connectivity index (χ4v) is 1.81. The number of aromatic hydroxyl groups is 1. The van der Waals surface area contributed by atoms with Gasteiger partial charge in [-0.25, -0.2) is 0 Å². The van der Waals surface area contributed by atoms with Crippen molar-refractivity contribution < 1.29 is 15.0 Å².